The minimum atomic E-state index is -0.956. The van der Waals surface area contributed by atoms with Gasteiger partial charge in [0.2, 0.25) is 0 Å². The number of carbonyl (C=O) groups excluding carboxylic acids is 3. The second kappa shape index (κ2) is 14.6. The van der Waals surface area contributed by atoms with Gasteiger partial charge in [0.1, 0.15) is 13.2 Å². The molecule has 12 heteroatoms. The highest BCUT2D eigenvalue weighted by molar-refractivity contribution is 5.91. The lowest BCUT2D eigenvalue weighted by Crippen LogP contribution is -2.54. The number of ether oxygens (including phenoxy) is 3. The number of benzene rings is 2. The monoisotopic (exact) mass is 660 g/mol. The van der Waals surface area contributed by atoms with Crippen molar-refractivity contribution < 1.29 is 28.6 Å². The number of para-hydroxylation sites is 1. The molecular formula is C36H48N6O6. The maximum Gasteiger partial charge on any atom is 0.410 e. The van der Waals surface area contributed by atoms with Gasteiger partial charge in [0.15, 0.2) is 17.6 Å². The van der Waals surface area contributed by atoms with Gasteiger partial charge in [0, 0.05) is 83.1 Å². The number of nitrogens with zero attached hydrogens (tertiary/aromatic N) is 4. The number of amides is 4. The summed E-state index contributed by atoms with van der Waals surface area (Å²) in [6.45, 7) is 9.86. The lowest BCUT2D eigenvalue weighted by molar-refractivity contribution is -0.142. The Morgan fingerprint density at radius 3 is 2.40 bits per heavy atom. The van der Waals surface area contributed by atoms with Gasteiger partial charge in [-0.1, -0.05) is 24.3 Å². The molecule has 0 bridgehead atoms. The molecule has 0 spiro atoms. The van der Waals surface area contributed by atoms with Crippen LogP contribution in [0.4, 0.5) is 15.3 Å². The Morgan fingerprint density at radius 2 is 1.60 bits per heavy atom. The van der Waals surface area contributed by atoms with Crippen LogP contribution < -0.4 is 20.1 Å². The lowest BCUT2D eigenvalue weighted by Gasteiger charge is -2.41. The van der Waals surface area contributed by atoms with Gasteiger partial charge in [-0.25, -0.2) is 9.59 Å². The summed E-state index contributed by atoms with van der Waals surface area (Å²) in [5, 5.41) is 6.48. The van der Waals surface area contributed by atoms with Crippen molar-refractivity contribution in [3.63, 3.8) is 0 Å². The first-order valence-corrected chi connectivity index (χ1v) is 17.7. The van der Waals surface area contributed by atoms with E-state index >= 15 is 0 Å². The third kappa shape index (κ3) is 7.19. The van der Waals surface area contributed by atoms with Crippen LogP contribution in [0.1, 0.15) is 42.4 Å². The average Bonchev–Trinajstić information content (AvgIpc) is 3.29. The SMILES string of the molecule is Cc1cc(C[C@@H](OC(=O)N2CCC(N3CCc4ccccc4NC3=O)CC2)C(=O)N2CCC(N3CCNCC3)CC2)cc2c1OCCO2. The van der Waals surface area contributed by atoms with Gasteiger partial charge < -0.3 is 39.5 Å². The van der Waals surface area contributed by atoms with E-state index in [1.165, 1.54) is 0 Å². The van der Waals surface area contributed by atoms with E-state index < -0.39 is 12.2 Å². The van der Waals surface area contributed by atoms with Crippen LogP contribution in [0, 0.1) is 6.92 Å². The molecule has 258 valence electrons. The van der Waals surface area contributed by atoms with Crippen LogP contribution in [0.2, 0.25) is 0 Å². The number of hydrogen-bond donors (Lipinski definition) is 2. The molecule has 0 saturated carbocycles. The summed E-state index contributed by atoms with van der Waals surface area (Å²) in [4.78, 5) is 48.9. The van der Waals surface area contributed by atoms with Gasteiger partial charge in [-0.05, 0) is 67.9 Å². The number of nitrogens with one attached hydrogen (secondary N) is 2. The normalized spacial score (nSPS) is 21.6. The number of rotatable bonds is 6. The van der Waals surface area contributed by atoms with Crippen LogP contribution in [0.3, 0.4) is 0 Å². The van der Waals surface area contributed by atoms with Crippen LogP contribution in [-0.4, -0.2) is 128 Å². The molecule has 2 aromatic carbocycles. The Kier molecular flexibility index (Phi) is 9.90. The summed E-state index contributed by atoms with van der Waals surface area (Å²) in [5.41, 5.74) is 3.79. The van der Waals surface area contributed by atoms with E-state index in [1.807, 2.05) is 47.1 Å². The Morgan fingerprint density at radius 1 is 0.896 bits per heavy atom. The molecule has 0 unspecified atom stereocenters. The highest BCUT2D eigenvalue weighted by Crippen LogP contribution is 2.35. The number of urea groups is 1. The molecule has 0 radical (unpaired) electrons. The van der Waals surface area contributed by atoms with E-state index in [1.54, 1.807) is 4.90 Å². The third-order valence-electron chi connectivity index (χ3n) is 10.6. The molecule has 5 aliphatic rings. The van der Waals surface area contributed by atoms with Crippen molar-refractivity contribution in [3.8, 4) is 11.5 Å². The van der Waals surface area contributed by atoms with Gasteiger partial charge in [-0.2, -0.15) is 0 Å². The first-order chi connectivity index (χ1) is 23.4. The highest BCUT2D eigenvalue weighted by Gasteiger charge is 2.36. The molecule has 0 aliphatic carbocycles. The fraction of sp³-hybridized carbons (Fsp3) is 0.583. The van der Waals surface area contributed by atoms with E-state index in [9.17, 15) is 14.4 Å². The third-order valence-corrected chi connectivity index (χ3v) is 10.6. The summed E-state index contributed by atoms with van der Waals surface area (Å²) in [5.74, 6) is 1.24. The number of anilines is 1. The average molecular weight is 661 g/mol. The molecule has 0 aromatic heterocycles. The minimum absolute atomic E-state index is 0.0264. The molecule has 3 fully saturated rings. The minimum Gasteiger partial charge on any atom is -0.486 e. The number of fused-ring (bicyclic) bond motifs is 2. The highest BCUT2D eigenvalue weighted by atomic mass is 16.6. The van der Waals surface area contributed by atoms with Crippen molar-refractivity contribution in [3.05, 3.63) is 53.1 Å². The fourth-order valence-corrected chi connectivity index (χ4v) is 7.91. The first kappa shape index (κ1) is 32.5. The molecule has 3 saturated heterocycles. The maximum atomic E-state index is 14.1. The molecule has 48 heavy (non-hydrogen) atoms. The number of piperidine rings is 2. The van der Waals surface area contributed by atoms with E-state index in [2.05, 4.69) is 21.6 Å². The zero-order valence-electron chi connectivity index (χ0n) is 28.0. The lowest BCUT2D eigenvalue weighted by atomic mass is 9.99. The molecule has 2 N–H and O–H groups in total. The number of hydrogen-bond acceptors (Lipinski definition) is 8. The molecule has 12 nitrogen and oxygen atoms in total. The number of piperazine rings is 1. The summed E-state index contributed by atoms with van der Waals surface area (Å²) in [6.07, 6.45) is 2.73. The van der Waals surface area contributed by atoms with Crippen molar-refractivity contribution in [2.24, 2.45) is 0 Å². The molecule has 1 atom stereocenters. The predicted octanol–water partition coefficient (Wildman–Crippen LogP) is 3.26. The Hall–Kier alpha value is -4.03. The van der Waals surface area contributed by atoms with Crippen LogP contribution in [0.5, 0.6) is 11.5 Å². The van der Waals surface area contributed by atoms with Gasteiger partial charge in [0.05, 0.1) is 0 Å². The van der Waals surface area contributed by atoms with Crippen molar-refractivity contribution in [2.75, 3.05) is 77.4 Å². The van der Waals surface area contributed by atoms with Crippen molar-refractivity contribution in [2.45, 2.75) is 63.6 Å². The Labute approximate surface area is 282 Å². The van der Waals surface area contributed by atoms with Crippen molar-refractivity contribution in [1.29, 1.82) is 0 Å². The van der Waals surface area contributed by atoms with E-state index in [-0.39, 0.29) is 24.4 Å². The maximum absolute atomic E-state index is 14.1. The van der Waals surface area contributed by atoms with Crippen LogP contribution in [0.25, 0.3) is 0 Å². The molecule has 5 aliphatic heterocycles. The molecule has 5 heterocycles. The standard InChI is InChI=1S/C36H48N6O6/c1-25-22-26(23-31-33(25)47-21-20-46-31)24-32(34(43)40-13-7-28(8-14-40)39-18-11-37-12-19-39)48-36(45)41-15-9-29(10-16-41)42-17-6-27-4-2-3-5-30(27)38-35(42)44/h2-5,22-23,28-29,32,37H,6-21,24H2,1H3,(H,38,44)/t32-/m1/s1. The molecule has 7 rings (SSSR count). The van der Waals surface area contributed by atoms with Gasteiger partial charge in [0.25, 0.3) is 5.91 Å². The molecule has 4 amide bonds. The summed E-state index contributed by atoms with van der Waals surface area (Å²) in [7, 11) is 0. The summed E-state index contributed by atoms with van der Waals surface area (Å²) >= 11 is 0. The van der Waals surface area contributed by atoms with Gasteiger partial charge in [-0.3, -0.25) is 9.69 Å². The first-order valence-electron chi connectivity index (χ1n) is 17.7. The van der Waals surface area contributed by atoms with Gasteiger partial charge >= 0.3 is 12.1 Å². The number of aryl methyl sites for hydroxylation is 1. The van der Waals surface area contributed by atoms with E-state index in [0.29, 0.717) is 70.6 Å². The van der Waals surface area contributed by atoms with Gasteiger partial charge in [-0.15, -0.1) is 0 Å². The predicted molar refractivity (Wildman–Crippen MR) is 181 cm³/mol. The Bertz CT molecular complexity index is 1480. The largest absolute Gasteiger partial charge is 0.486 e. The molecular weight excluding hydrogens is 612 g/mol. The zero-order chi connectivity index (χ0) is 33.0. The second-order valence-corrected chi connectivity index (χ2v) is 13.6. The topological polar surface area (TPSA) is 116 Å². The van der Waals surface area contributed by atoms with E-state index in [4.69, 9.17) is 14.2 Å². The van der Waals surface area contributed by atoms with Crippen molar-refractivity contribution in [1.82, 2.24) is 24.9 Å². The van der Waals surface area contributed by atoms with Crippen LogP contribution in [0.15, 0.2) is 36.4 Å². The van der Waals surface area contributed by atoms with E-state index in [0.717, 1.165) is 73.6 Å². The smallest absolute Gasteiger partial charge is 0.410 e. The summed E-state index contributed by atoms with van der Waals surface area (Å²) < 4.78 is 17.8. The fourth-order valence-electron chi connectivity index (χ4n) is 7.91. The quantitative estimate of drug-likeness (QED) is 0.486. The number of carbonyl (C=O) groups is 3. The molecule has 2 aromatic rings. The van der Waals surface area contributed by atoms with Crippen LogP contribution in [-0.2, 0) is 22.4 Å². The van der Waals surface area contributed by atoms with Crippen molar-refractivity contribution >= 4 is 23.7 Å². The van der Waals surface area contributed by atoms with Crippen LogP contribution >= 0.6 is 0 Å². The second-order valence-electron chi connectivity index (χ2n) is 13.6. The Balaban J connectivity index is 1.00. The zero-order valence-corrected chi connectivity index (χ0v) is 28.0. The number of likely N-dealkylation sites (tertiary alicyclic amines) is 2. The summed E-state index contributed by atoms with van der Waals surface area (Å²) in [6, 6.07) is 12.2.